The highest BCUT2D eigenvalue weighted by atomic mass is 16.5. The zero-order valence-electron chi connectivity index (χ0n) is 9.15. The number of hydrogen-bond donors (Lipinski definition) is 1. The van der Waals surface area contributed by atoms with Crippen molar-refractivity contribution in [2.24, 2.45) is 0 Å². The molecule has 15 heavy (non-hydrogen) atoms. The topological polar surface area (TPSA) is 34.1 Å². The van der Waals surface area contributed by atoms with Gasteiger partial charge in [-0.25, -0.2) is 0 Å². The smallest absolute Gasteiger partial charge is 0.0604 e. The molecule has 0 atom stereocenters. The van der Waals surface area contributed by atoms with Gasteiger partial charge in [0.1, 0.15) is 0 Å². The molecule has 0 amide bonds. The summed E-state index contributed by atoms with van der Waals surface area (Å²) in [4.78, 5) is 4.00. The van der Waals surface area contributed by atoms with Gasteiger partial charge in [0.05, 0.1) is 6.10 Å². The Kier molecular flexibility index (Phi) is 3.69. The molecule has 1 fully saturated rings. The number of rotatable bonds is 5. The van der Waals surface area contributed by atoms with Crippen molar-refractivity contribution in [2.75, 3.05) is 6.61 Å². The normalized spacial score (nSPS) is 24.9. The highest BCUT2D eigenvalue weighted by molar-refractivity contribution is 5.09. The van der Waals surface area contributed by atoms with Crippen molar-refractivity contribution < 1.29 is 4.74 Å². The highest BCUT2D eigenvalue weighted by Gasteiger charge is 2.28. The zero-order chi connectivity index (χ0) is 10.5. The fourth-order valence-electron chi connectivity index (χ4n) is 1.87. The number of ether oxygens (including phenoxy) is 1. The summed E-state index contributed by atoms with van der Waals surface area (Å²) in [5, 5.41) is 3.52. The van der Waals surface area contributed by atoms with Crippen LogP contribution < -0.4 is 5.32 Å². The van der Waals surface area contributed by atoms with E-state index in [0.717, 1.165) is 26.0 Å². The molecule has 0 aliphatic heterocycles. The summed E-state index contributed by atoms with van der Waals surface area (Å²) < 4.78 is 5.51. The van der Waals surface area contributed by atoms with E-state index < -0.39 is 0 Å². The summed E-state index contributed by atoms with van der Waals surface area (Å²) in [6.07, 6.45) is 6.46. The van der Waals surface area contributed by atoms with Gasteiger partial charge in [0.2, 0.25) is 0 Å². The van der Waals surface area contributed by atoms with E-state index in [1.807, 2.05) is 24.5 Å². The summed E-state index contributed by atoms with van der Waals surface area (Å²) in [5.74, 6) is 0. The maximum Gasteiger partial charge on any atom is 0.0604 e. The van der Waals surface area contributed by atoms with Crippen LogP contribution >= 0.6 is 0 Å². The Morgan fingerprint density at radius 2 is 2.13 bits per heavy atom. The van der Waals surface area contributed by atoms with Crippen LogP contribution in [-0.4, -0.2) is 23.7 Å². The fraction of sp³-hybridized carbons (Fsp3) is 0.583. The lowest BCUT2D eigenvalue weighted by Crippen LogP contribution is -2.45. The van der Waals surface area contributed by atoms with Gasteiger partial charge in [-0.05, 0) is 37.5 Å². The molecule has 1 saturated carbocycles. The molecule has 3 heteroatoms. The molecule has 0 saturated heterocycles. The Morgan fingerprint density at radius 1 is 1.40 bits per heavy atom. The Balaban J connectivity index is 1.64. The van der Waals surface area contributed by atoms with Gasteiger partial charge >= 0.3 is 0 Å². The van der Waals surface area contributed by atoms with Crippen LogP contribution in [0.4, 0.5) is 0 Å². The van der Waals surface area contributed by atoms with Gasteiger partial charge in [-0.15, -0.1) is 0 Å². The quantitative estimate of drug-likeness (QED) is 0.796. The molecule has 82 valence electrons. The van der Waals surface area contributed by atoms with E-state index in [-0.39, 0.29) is 0 Å². The van der Waals surface area contributed by atoms with Crippen molar-refractivity contribution >= 4 is 0 Å². The van der Waals surface area contributed by atoms with Crippen LogP contribution in [0.2, 0.25) is 0 Å². The van der Waals surface area contributed by atoms with Gasteiger partial charge in [0.25, 0.3) is 0 Å². The molecule has 3 nitrogen and oxygen atoms in total. The first-order chi connectivity index (χ1) is 7.38. The summed E-state index contributed by atoms with van der Waals surface area (Å²) in [5.41, 5.74) is 1.30. The average Bonchev–Trinajstić information content (AvgIpc) is 2.23. The van der Waals surface area contributed by atoms with Crippen LogP contribution in [0, 0.1) is 0 Å². The maximum atomic E-state index is 5.51. The Bertz CT molecular complexity index is 283. The summed E-state index contributed by atoms with van der Waals surface area (Å²) in [6.45, 7) is 3.82. The van der Waals surface area contributed by atoms with Gasteiger partial charge in [0, 0.05) is 31.6 Å². The van der Waals surface area contributed by atoms with Crippen LogP contribution in [0.3, 0.4) is 0 Å². The van der Waals surface area contributed by atoms with Gasteiger partial charge in [0.15, 0.2) is 0 Å². The Labute approximate surface area is 90.9 Å². The van der Waals surface area contributed by atoms with Gasteiger partial charge < -0.3 is 10.1 Å². The van der Waals surface area contributed by atoms with E-state index in [1.54, 1.807) is 0 Å². The molecule has 2 rings (SSSR count). The molecule has 1 N–H and O–H groups in total. The monoisotopic (exact) mass is 206 g/mol. The predicted octanol–water partition coefficient (Wildman–Crippen LogP) is 1.74. The van der Waals surface area contributed by atoms with E-state index in [4.69, 9.17) is 4.74 Å². The SMILES string of the molecule is CCOC1CC(NCc2ccncc2)C1. The lowest BCUT2D eigenvalue weighted by molar-refractivity contribution is -0.0102. The van der Waals surface area contributed by atoms with Crippen LogP contribution in [0.25, 0.3) is 0 Å². The third-order valence-electron chi connectivity index (χ3n) is 2.84. The second-order valence-electron chi connectivity index (χ2n) is 3.98. The average molecular weight is 206 g/mol. The maximum absolute atomic E-state index is 5.51. The number of nitrogens with one attached hydrogen (secondary N) is 1. The lowest BCUT2D eigenvalue weighted by atomic mass is 9.89. The molecule has 0 radical (unpaired) electrons. The molecule has 1 heterocycles. The summed E-state index contributed by atoms with van der Waals surface area (Å²) in [6, 6.07) is 4.73. The van der Waals surface area contributed by atoms with E-state index in [0.29, 0.717) is 12.1 Å². The molecule has 0 spiro atoms. The molecular weight excluding hydrogens is 188 g/mol. The minimum absolute atomic E-state index is 0.491. The molecular formula is C12H18N2O. The van der Waals surface area contributed by atoms with Crippen molar-refractivity contribution in [1.82, 2.24) is 10.3 Å². The minimum atomic E-state index is 0.491. The Hall–Kier alpha value is -0.930. The van der Waals surface area contributed by atoms with Crippen LogP contribution in [-0.2, 0) is 11.3 Å². The Morgan fingerprint density at radius 3 is 2.80 bits per heavy atom. The van der Waals surface area contributed by atoms with Gasteiger partial charge in [-0.1, -0.05) is 0 Å². The standard InChI is InChI=1S/C12H18N2O/c1-2-15-12-7-11(8-12)14-9-10-3-5-13-6-4-10/h3-6,11-12,14H,2,7-9H2,1H3. The van der Waals surface area contributed by atoms with Crippen molar-refractivity contribution in [3.8, 4) is 0 Å². The largest absolute Gasteiger partial charge is 0.378 e. The van der Waals surface area contributed by atoms with E-state index in [2.05, 4.69) is 17.2 Å². The fourth-order valence-corrected chi connectivity index (χ4v) is 1.87. The van der Waals surface area contributed by atoms with E-state index in [1.165, 1.54) is 5.56 Å². The summed E-state index contributed by atoms with van der Waals surface area (Å²) >= 11 is 0. The molecule has 1 aromatic heterocycles. The predicted molar refractivity (Wildman–Crippen MR) is 59.5 cm³/mol. The number of nitrogens with zero attached hydrogens (tertiary/aromatic N) is 1. The van der Waals surface area contributed by atoms with Crippen LogP contribution in [0.5, 0.6) is 0 Å². The zero-order valence-corrected chi connectivity index (χ0v) is 9.15. The highest BCUT2D eigenvalue weighted by Crippen LogP contribution is 2.23. The second kappa shape index (κ2) is 5.24. The number of aromatic nitrogens is 1. The van der Waals surface area contributed by atoms with Crippen molar-refractivity contribution in [3.63, 3.8) is 0 Å². The molecule has 1 aromatic rings. The first kappa shape index (κ1) is 10.6. The van der Waals surface area contributed by atoms with E-state index >= 15 is 0 Å². The minimum Gasteiger partial charge on any atom is -0.378 e. The molecule has 1 aliphatic rings. The third kappa shape index (κ3) is 3.01. The lowest BCUT2D eigenvalue weighted by Gasteiger charge is -2.35. The van der Waals surface area contributed by atoms with Crippen molar-refractivity contribution in [2.45, 2.75) is 38.5 Å². The molecule has 0 unspecified atom stereocenters. The van der Waals surface area contributed by atoms with E-state index in [9.17, 15) is 0 Å². The van der Waals surface area contributed by atoms with Crippen LogP contribution in [0.1, 0.15) is 25.3 Å². The number of pyridine rings is 1. The first-order valence-corrected chi connectivity index (χ1v) is 5.62. The van der Waals surface area contributed by atoms with Gasteiger partial charge in [-0.2, -0.15) is 0 Å². The number of hydrogen-bond acceptors (Lipinski definition) is 3. The molecule has 1 aliphatic carbocycles. The molecule has 0 aromatic carbocycles. The van der Waals surface area contributed by atoms with Gasteiger partial charge in [-0.3, -0.25) is 4.98 Å². The summed E-state index contributed by atoms with van der Waals surface area (Å²) in [7, 11) is 0. The van der Waals surface area contributed by atoms with Crippen LogP contribution in [0.15, 0.2) is 24.5 Å². The first-order valence-electron chi connectivity index (χ1n) is 5.62. The van der Waals surface area contributed by atoms with Crippen molar-refractivity contribution in [1.29, 1.82) is 0 Å². The molecule has 0 bridgehead atoms. The van der Waals surface area contributed by atoms with Crippen molar-refractivity contribution in [3.05, 3.63) is 30.1 Å². The second-order valence-corrected chi connectivity index (χ2v) is 3.98. The third-order valence-corrected chi connectivity index (χ3v) is 2.84.